The molecule has 0 aromatic heterocycles. The summed E-state index contributed by atoms with van der Waals surface area (Å²) in [6.07, 6.45) is 3.62. The van der Waals surface area contributed by atoms with Crippen LogP contribution in [0, 0.1) is 0 Å². The summed E-state index contributed by atoms with van der Waals surface area (Å²) in [6.45, 7) is 3.89. The number of ether oxygens (including phenoxy) is 3. The number of dihydropyridines is 1. The molecule has 0 amide bonds. The van der Waals surface area contributed by atoms with Gasteiger partial charge in [-0.3, -0.25) is 10.7 Å². The van der Waals surface area contributed by atoms with Crippen LogP contribution in [0.3, 0.4) is 0 Å². The van der Waals surface area contributed by atoms with Crippen molar-refractivity contribution in [3.05, 3.63) is 94.3 Å². The maximum Gasteiger partial charge on any atom is 0.337 e. The number of hydrogen-bond acceptors (Lipinski definition) is 8. The van der Waals surface area contributed by atoms with Crippen molar-refractivity contribution in [3.8, 4) is 0 Å². The van der Waals surface area contributed by atoms with E-state index in [2.05, 4.69) is 10.8 Å². The Kier molecular flexibility index (Phi) is 9.23. The Morgan fingerprint density at radius 1 is 0.971 bits per heavy atom. The van der Waals surface area contributed by atoms with Crippen LogP contribution in [0.15, 0.2) is 83.2 Å². The third-order valence-corrected chi connectivity index (χ3v) is 5.49. The fraction of sp³-hybridized carbons (Fsp3) is 0.259. The van der Waals surface area contributed by atoms with E-state index >= 15 is 0 Å². The van der Waals surface area contributed by atoms with Gasteiger partial charge in [-0.1, -0.05) is 48.5 Å². The van der Waals surface area contributed by atoms with Gasteiger partial charge in [0.15, 0.2) is 0 Å². The Morgan fingerprint density at radius 2 is 1.66 bits per heavy atom. The molecule has 2 aromatic rings. The number of allylic oxidation sites excluding steroid dienone is 2. The van der Waals surface area contributed by atoms with Crippen LogP contribution in [0.1, 0.15) is 30.9 Å². The fourth-order valence-electron chi connectivity index (χ4n) is 3.90. The average Bonchev–Trinajstić information content (AvgIpc) is 2.86. The van der Waals surface area contributed by atoms with Crippen molar-refractivity contribution in [1.82, 2.24) is 5.32 Å². The molecule has 8 nitrogen and oxygen atoms in total. The largest absolute Gasteiger partial charge is 0.460 e. The molecule has 3 N–H and O–H groups in total. The number of benzene rings is 2. The number of nitrogens with one attached hydrogen (secondary N) is 2. The van der Waals surface area contributed by atoms with Crippen LogP contribution in [0.25, 0.3) is 6.08 Å². The number of anilines is 1. The molecule has 0 radical (unpaired) electrons. The molecule has 0 aliphatic carbocycles. The van der Waals surface area contributed by atoms with Gasteiger partial charge in [0.05, 0.1) is 29.4 Å². The van der Waals surface area contributed by atoms with E-state index in [0.717, 1.165) is 5.56 Å². The van der Waals surface area contributed by atoms with Crippen molar-refractivity contribution in [1.29, 1.82) is 0 Å². The monoisotopic (exact) mass is 478 g/mol. The Labute approximate surface area is 204 Å². The number of rotatable bonds is 10. The lowest BCUT2D eigenvalue weighted by Gasteiger charge is -2.30. The van der Waals surface area contributed by atoms with Crippen LogP contribution in [0.4, 0.5) is 5.69 Å². The molecule has 1 aliphatic heterocycles. The van der Waals surface area contributed by atoms with Crippen molar-refractivity contribution in [2.24, 2.45) is 0 Å². The molecular formula is C27H30N2O6. The number of carbonyl (C=O) groups excluding carboxylic acids is 2. The predicted octanol–water partition coefficient (Wildman–Crippen LogP) is 4.17. The van der Waals surface area contributed by atoms with Crippen molar-refractivity contribution in [2.45, 2.75) is 19.8 Å². The average molecular weight is 479 g/mol. The van der Waals surface area contributed by atoms with Gasteiger partial charge in [0.1, 0.15) is 13.2 Å². The number of esters is 2. The third kappa shape index (κ3) is 6.59. The van der Waals surface area contributed by atoms with Gasteiger partial charge >= 0.3 is 11.9 Å². The van der Waals surface area contributed by atoms with E-state index in [1.807, 2.05) is 36.4 Å². The summed E-state index contributed by atoms with van der Waals surface area (Å²) in [6, 6.07) is 16.5. The van der Waals surface area contributed by atoms with Gasteiger partial charge < -0.3 is 19.5 Å². The minimum absolute atomic E-state index is 0.0613. The summed E-state index contributed by atoms with van der Waals surface area (Å²) in [5.74, 6) is -1.89. The minimum atomic E-state index is -0.759. The lowest BCUT2D eigenvalue weighted by atomic mass is 9.80. The molecule has 184 valence electrons. The highest BCUT2D eigenvalue weighted by molar-refractivity contribution is 6.00. The topological polar surface area (TPSA) is 106 Å². The molecule has 2 aromatic carbocycles. The van der Waals surface area contributed by atoms with Crippen LogP contribution in [-0.4, -0.2) is 44.1 Å². The van der Waals surface area contributed by atoms with E-state index in [4.69, 9.17) is 14.2 Å². The summed E-state index contributed by atoms with van der Waals surface area (Å²) in [5, 5.41) is 12.5. The van der Waals surface area contributed by atoms with Crippen LogP contribution < -0.4 is 10.8 Å². The van der Waals surface area contributed by atoms with Crippen molar-refractivity contribution >= 4 is 23.7 Å². The van der Waals surface area contributed by atoms with Gasteiger partial charge in [0.2, 0.25) is 0 Å². The SMILES string of the molecule is COCCOC(=O)C1=C(C)NC(C)=C(C(=O)OC/C=C/c2ccccc2)C1c1cccc(NO)c1. The zero-order valence-corrected chi connectivity index (χ0v) is 20.0. The highest BCUT2D eigenvalue weighted by Crippen LogP contribution is 2.39. The van der Waals surface area contributed by atoms with Crippen LogP contribution in [0.2, 0.25) is 0 Å². The number of hydrogen-bond donors (Lipinski definition) is 3. The first kappa shape index (κ1) is 25.7. The van der Waals surface area contributed by atoms with Crippen molar-refractivity contribution < 1.29 is 29.0 Å². The number of carbonyl (C=O) groups is 2. The highest BCUT2D eigenvalue weighted by Gasteiger charge is 2.38. The van der Waals surface area contributed by atoms with Crippen LogP contribution >= 0.6 is 0 Å². The van der Waals surface area contributed by atoms with E-state index in [1.54, 1.807) is 44.2 Å². The van der Waals surface area contributed by atoms with Crippen molar-refractivity contribution in [2.75, 3.05) is 32.4 Å². The second kappa shape index (κ2) is 12.5. The van der Waals surface area contributed by atoms with Gasteiger partial charge in [-0.2, -0.15) is 0 Å². The second-order valence-electron chi connectivity index (χ2n) is 7.91. The molecule has 35 heavy (non-hydrogen) atoms. The summed E-state index contributed by atoms with van der Waals surface area (Å²) < 4.78 is 15.9. The fourth-order valence-corrected chi connectivity index (χ4v) is 3.90. The Bertz CT molecular complexity index is 1140. The molecule has 0 saturated carbocycles. The maximum atomic E-state index is 13.3. The smallest absolute Gasteiger partial charge is 0.337 e. The lowest BCUT2D eigenvalue weighted by Crippen LogP contribution is -2.33. The van der Waals surface area contributed by atoms with Gasteiger partial charge in [0.25, 0.3) is 0 Å². The molecule has 3 rings (SSSR count). The Morgan fingerprint density at radius 3 is 2.31 bits per heavy atom. The van der Waals surface area contributed by atoms with Gasteiger partial charge in [-0.05, 0) is 43.2 Å². The van der Waals surface area contributed by atoms with E-state index in [-0.39, 0.29) is 31.0 Å². The second-order valence-corrected chi connectivity index (χ2v) is 7.91. The minimum Gasteiger partial charge on any atom is -0.460 e. The summed E-state index contributed by atoms with van der Waals surface area (Å²) >= 11 is 0. The van der Waals surface area contributed by atoms with E-state index < -0.39 is 17.9 Å². The molecule has 8 heteroatoms. The van der Waals surface area contributed by atoms with Gasteiger partial charge in [-0.15, -0.1) is 0 Å². The summed E-state index contributed by atoms with van der Waals surface area (Å²) in [7, 11) is 1.52. The Hall–Kier alpha value is -3.88. The normalized spacial score (nSPS) is 15.7. The summed E-state index contributed by atoms with van der Waals surface area (Å²) in [5.41, 5.74) is 5.85. The zero-order valence-electron chi connectivity index (χ0n) is 20.0. The van der Waals surface area contributed by atoms with E-state index in [0.29, 0.717) is 22.6 Å². The predicted molar refractivity (Wildman–Crippen MR) is 132 cm³/mol. The van der Waals surface area contributed by atoms with Crippen LogP contribution in [0.5, 0.6) is 0 Å². The number of methoxy groups -OCH3 is 1. The maximum absolute atomic E-state index is 13.3. The van der Waals surface area contributed by atoms with Gasteiger partial charge in [0, 0.05) is 18.5 Å². The lowest BCUT2D eigenvalue weighted by molar-refractivity contribution is -0.140. The summed E-state index contributed by atoms with van der Waals surface area (Å²) in [4.78, 5) is 26.4. The molecule has 1 atom stereocenters. The zero-order chi connectivity index (χ0) is 25.2. The van der Waals surface area contributed by atoms with Crippen molar-refractivity contribution in [3.63, 3.8) is 0 Å². The molecule has 1 aliphatic rings. The van der Waals surface area contributed by atoms with Crippen LogP contribution in [-0.2, 0) is 23.8 Å². The van der Waals surface area contributed by atoms with E-state index in [9.17, 15) is 14.8 Å². The molecule has 0 spiro atoms. The molecule has 0 fully saturated rings. The first-order chi connectivity index (χ1) is 17.0. The first-order valence-electron chi connectivity index (χ1n) is 11.2. The molecule has 0 bridgehead atoms. The Balaban J connectivity index is 1.90. The highest BCUT2D eigenvalue weighted by atomic mass is 16.6. The molecule has 1 heterocycles. The third-order valence-electron chi connectivity index (χ3n) is 5.49. The molecule has 1 unspecified atom stereocenters. The molecule has 0 saturated heterocycles. The first-order valence-corrected chi connectivity index (χ1v) is 11.2. The van der Waals surface area contributed by atoms with E-state index in [1.165, 1.54) is 7.11 Å². The molecular weight excluding hydrogens is 448 g/mol. The standard InChI is InChI=1S/C27H30N2O6/c1-18-23(26(30)34-14-8-11-20-9-5-4-6-10-20)25(21-12-7-13-22(17-21)29-32)24(19(2)28-18)27(31)35-16-15-33-3/h4-13,17,25,28-29,32H,14-16H2,1-3H3/b11-8+. The quantitative estimate of drug-likeness (QED) is 0.265. The van der Waals surface area contributed by atoms with Gasteiger partial charge in [-0.25, -0.2) is 9.59 Å².